The number of amides is 2. The average molecular weight is 306 g/mol. The predicted octanol–water partition coefficient (Wildman–Crippen LogP) is 2.52. The molecule has 5 nitrogen and oxygen atoms in total. The Kier molecular flexibility index (Phi) is 4.96. The first kappa shape index (κ1) is 16.6. The molecule has 1 aromatic rings. The summed E-state index contributed by atoms with van der Waals surface area (Å²) in [6.45, 7) is 8.42. The monoisotopic (exact) mass is 306 g/mol. The standard InChI is InChI=1S/C17H26N2O3/c1-5-12(3)17(4,21)10-18-16(20)19-14-9-22-15-7-6-11(2)8-13(14)15/h6-8,12,14,21H,5,9-10H2,1-4H3,(H2,18,19,20). The molecule has 2 amide bonds. The third-order valence-electron chi connectivity index (χ3n) is 4.53. The molecule has 0 saturated heterocycles. The Morgan fingerprint density at radius 3 is 2.95 bits per heavy atom. The SMILES string of the molecule is CCC(C)C(C)(O)CNC(=O)NC1COc2ccc(C)cc21. The summed E-state index contributed by atoms with van der Waals surface area (Å²) >= 11 is 0. The molecule has 3 atom stereocenters. The lowest BCUT2D eigenvalue weighted by molar-refractivity contribution is 0.00782. The molecule has 122 valence electrons. The van der Waals surface area contributed by atoms with E-state index in [1.807, 2.05) is 39.0 Å². The van der Waals surface area contributed by atoms with E-state index < -0.39 is 5.60 Å². The smallest absolute Gasteiger partial charge is 0.315 e. The number of aryl methyl sites for hydroxylation is 1. The van der Waals surface area contributed by atoms with Crippen LogP contribution in [0.3, 0.4) is 0 Å². The molecule has 2 rings (SSSR count). The summed E-state index contributed by atoms with van der Waals surface area (Å²) in [5, 5.41) is 16.0. The fourth-order valence-corrected chi connectivity index (χ4v) is 2.54. The quantitative estimate of drug-likeness (QED) is 0.783. The van der Waals surface area contributed by atoms with Gasteiger partial charge >= 0.3 is 6.03 Å². The summed E-state index contributed by atoms with van der Waals surface area (Å²) in [6, 6.07) is 5.51. The summed E-state index contributed by atoms with van der Waals surface area (Å²) < 4.78 is 5.58. The number of hydrogen-bond acceptors (Lipinski definition) is 3. The number of ether oxygens (including phenoxy) is 1. The fourth-order valence-electron chi connectivity index (χ4n) is 2.54. The van der Waals surface area contributed by atoms with Gasteiger partial charge in [-0.2, -0.15) is 0 Å². The summed E-state index contributed by atoms with van der Waals surface area (Å²) in [6.07, 6.45) is 0.861. The zero-order chi connectivity index (χ0) is 16.3. The Morgan fingerprint density at radius 1 is 1.55 bits per heavy atom. The van der Waals surface area contributed by atoms with E-state index in [9.17, 15) is 9.90 Å². The summed E-state index contributed by atoms with van der Waals surface area (Å²) in [7, 11) is 0. The zero-order valence-electron chi connectivity index (χ0n) is 13.8. The minimum Gasteiger partial charge on any atom is -0.491 e. The van der Waals surface area contributed by atoms with E-state index in [1.165, 1.54) is 0 Å². The molecular formula is C17H26N2O3. The Hall–Kier alpha value is -1.75. The number of aliphatic hydroxyl groups is 1. The molecule has 0 spiro atoms. The first-order chi connectivity index (χ1) is 10.3. The van der Waals surface area contributed by atoms with Crippen LogP contribution in [0.5, 0.6) is 5.75 Å². The van der Waals surface area contributed by atoms with Crippen molar-refractivity contribution in [2.24, 2.45) is 5.92 Å². The van der Waals surface area contributed by atoms with Crippen LogP contribution in [-0.4, -0.2) is 29.9 Å². The van der Waals surface area contributed by atoms with Gasteiger partial charge in [-0.05, 0) is 25.8 Å². The van der Waals surface area contributed by atoms with Gasteiger partial charge < -0.3 is 20.5 Å². The summed E-state index contributed by atoms with van der Waals surface area (Å²) in [4.78, 5) is 12.1. The number of carbonyl (C=O) groups excluding carboxylic acids is 1. The van der Waals surface area contributed by atoms with Gasteiger partial charge in [-0.15, -0.1) is 0 Å². The van der Waals surface area contributed by atoms with E-state index in [2.05, 4.69) is 10.6 Å². The van der Waals surface area contributed by atoms with E-state index in [0.29, 0.717) is 6.61 Å². The number of benzene rings is 1. The van der Waals surface area contributed by atoms with Crippen LogP contribution in [0, 0.1) is 12.8 Å². The van der Waals surface area contributed by atoms with Gasteiger partial charge in [-0.25, -0.2) is 4.79 Å². The molecule has 0 radical (unpaired) electrons. The molecule has 1 aliphatic heterocycles. The third-order valence-corrected chi connectivity index (χ3v) is 4.53. The molecule has 1 aromatic carbocycles. The molecular weight excluding hydrogens is 280 g/mol. The van der Waals surface area contributed by atoms with Crippen molar-refractivity contribution in [3.63, 3.8) is 0 Å². The second-order valence-electron chi connectivity index (χ2n) is 6.40. The van der Waals surface area contributed by atoms with Gasteiger partial charge in [0.1, 0.15) is 12.4 Å². The lowest BCUT2D eigenvalue weighted by Gasteiger charge is -2.30. The molecule has 0 aliphatic carbocycles. The maximum absolute atomic E-state index is 12.1. The summed E-state index contributed by atoms with van der Waals surface area (Å²) in [5.74, 6) is 0.938. The number of hydrogen-bond donors (Lipinski definition) is 3. The largest absolute Gasteiger partial charge is 0.491 e. The highest BCUT2D eigenvalue weighted by molar-refractivity contribution is 5.75. The molecule has 1 heterocycles. The second kappa shape index (κ2) is 6.57. The van der Waals surface area contributed by atoms with Gasteiger partial charge in [-0.3, -0.25) is 0 Å². The Labute approximate surface area is 132 Å². The van der Waals surface area contributed by atoms with Crippen molar-refractivity contribution < 1.29 is 14.6 Å². The minimum atomic E-state index is -0.910. The van der Waals surface area contributed by atoms with Gasteiger partial charge in [0.05, 0.1) is 11.6 Å². The van der Waals surface area contributed by atoms with E-state index >= 15 is 0 Å². The molecule has 5 heteroatoms. The molecule has 3 N–H and O–H groups in total. The maximum atomic E-state index is 12.1. The number of rotatable bonds is 5. The van der Waals surface area contributed by atoms with Crippen molar-refractivity contribution in [2.45, 2.75) is 45.8 Å². The van der Waals surface area contributed by atoms with Crippen molar-refractivity contribution in [1.82, 2.24) is 10.6 Å². The number of urea groups is 1. The van der Waals surface area contributed by atoms with Crippen LogP contribution in [0.15, 0.2) is 18.2 Å². The minimum absolute atomic E-state index is 0.117. The van der Waals surface area contributed by atoms with Crippen LogP contribution in [0.4, 0.5) is 4.79 Å². The van der Waals surface area contributed by atoms with E-state index in [0.717, 1.165) is 23.3 Å². The van der Waals surface area contributed by atoms with Gasteiger partial charge in [0.15, 0.2) is 0 Å². The first-order valence-electron chi connectivity index (χ1n) is 7.83. The summed E-state index contributed by atoms with van der Waals surface area (Å²) in [5.41, 5.74) is 1.23. The molecule has 22 heavy (non-hydrogen) atoms. The number of carbonyl (C=O) groups is 1. The number of fused-ring (bicyclic) bond motifs is 1. The average Bonchev–Trinajstić information content (AvgIpc) is 2.86. The number of nitrogens with one attached hydrogen (secondary N) is 2. The highest BCUT2D eigenvalue weighted by Crippen LogP contribution is 2.32. The highest BCUT2D eigenvalue weighted by atomic mass is 16.5. The van der Waals surface area contributed by atoms with Crippen molar-refractivity contribution in [3.05, 3.63) is 29.3 Å². The molecule has 3 unspecified atom stereocenters. The van der Waals surface area contributed by atoms with Crippen LogP contribution in [0.25, 0.3) is 0 Å². The predicted molar refractivity (Wildman–Crippen MR) is 86.0 cm³/mol. The Morgan fingerprint density at radius 2 is 2.27 bits per heavy atom. The highest BCUT2D eigenvalue weighted by Gasteiger charge is 2.29. The van der Waals surface area contributed by atoms with Crippen molar-refractivity contribution in [3.8, 4) is 5.75 Å². The molecule has 0 fully saturated rings. The van der Waals surface area contributed by atoms with Gasteiger partial charge in [0.2, 0.25) is 0 Å². The third kappa shape index (κ3) is 3.71. The van der Waals surface area contributed by atoms with Crippen molar-refractivity contribution in [1.29, 1.82) is 0 Å². The molecule has 1 aliphatic rings. The van der Waals surface area contributed by atoms with E-state index in [-0.39, 0.29) is 24.5 Å². The van der Waals surface area contributed by atoms with Gasteiger partial charge in [0, 0.05) is 12.1 Å². The molecule has 0 aromatic heterocycles. The Balaban J connectivity index is 1.91. The van der Waals surface area contributed by atoms with Crippen LogP contribution < -0.4 is 15.4 Å². The van der Waals surface area contributed by atoms with Gasteiger partial charge in [-0.1, -0.05) is 38.0 Å². The van der Waals surface area contributed by atoms with Gasteiger partial charge in [0.25, 0.3) is 0 Å². The van der Waals surface area contributed by atoms with Crippen LogP contribution in [-0.2, 0) is 0 Å². The first-order valence-corrected chi connectivity index (χ1v) is 7.83. The van der Waals surface area contributed by atoms with E-state index in [4.69, 9.17) is 4.74 Å². The molecule has 0 bridgehead atoms. The topological polar surface area (TPSA) is 70.6 Å². The normalized spacial score (nSPS) is 20.5. The fraction of sp³-hybridized carbons (Fsp3) is 0.588. The van der Waals surface area contributed by atoms with E-state index in [1.54, 1.807) is 6.92 Å². The lowest BCUT2D eigenvalue weighted by Crippen LogP contribution is -2.48. The second-order valence-corrected chi connectivity index (χ2v) is 6.40. The van der Waals surface area contributed by atoms with Crippen LogP contribution in [0.1, 0.15) is 44.4 Å². The maximum Gasteiger partial charge on any atom is 0.315 e. The van der Waals surface area contributed by atoms with Crippen molar-refractivity contribution in [2.75, 3.05) is 13.2 Å². The van der Waals surface area contributed by atoms with Crippen molar-refractivity contribution >= 4 is 6.03 Å². The van der Waals surface area contributed by atoms with Crippen LogP contribution in [0.2, 0.25) is 0 Å². The molecule has 0 saturated carbocycles. The zero-order valence-corrected chi connectivity index (χ0v) is 13.8. The Bertz CT molecular complexity index is 543. The lowest BCUT2D eigenvalue weighted by atomic mass is 9.89. The van der Waals surface area contributed by atoms with Crippen LogP contribution >= 0.6 is 0 Å².